The van der Waals surface area contributed by atoms with Crippen LogP contribution < -0.4 is 10.6 Å². The maximum atomic E-state index is 12.9. The van der Waals surface area contributed by atoms with Gasteiger partial charge in [-0.05, 0) is 31.0 Å². The molecule has 2 aliphatic rings. The second-order valence-corrected chi connectivity index (χ2v) is 7.43. The number of likely N-dealkylation sites (tertiary alicyclic amines) is 1. The van der Waals surface area contributed by atoms with Gasteiger partial charge in [0.2, 0.25) is 5.91 Å². The van der Waals surface area contributed by atoms with Crippen LogP contribution in [0.15, 0.2) is 54.6 Å². The van der Waals surface area contributed by atoms with Gasteiger partial charge >= 0.3 is 0 Å². The molecular formula is C21H23N3O2. The molecule has 2 N–H and O–H groups in total. The molecule has 26 heavy (non-hydrogen) atoms. The van der Waals surface area contributed by atoms with Crippen molar-refractivity contribution in [3.8, 4) is 0 Å². The molecule has 2 atom stereocenters. The van der Waals surface area contributed by atoms with Crippen LogP contribution in [-0.4, -0.2) is 41.9 Å². The highest BCUT2D eigenvalue weighted by Crippen LogP contribution is 2.32. The summed E-state index contributed by atoms with van der Waals surface area (Å²) in [7, 11) is 0. The molecule has 4 rings (SSSR count). The van der Waals surface area contributed by atoms with E-state index in [-0.39, 0.29) is 17.7 Å². The van der Waals surface area contributed by atoms with Crippen molar-refractivity contribution in [3.05, 3.63) is 65.7 Å². The zero-order valence-corrected chi connectivity index (χ0v) is 14.9. The first-order chi connectivity index (χ1) is 12.5. The minimum atomic E-state index is -0.564. The molecule has 0 spiro atoms. The molecule has 0 radical (unpaired) electrons. The molecule has 5 nitrogen and oxygen atoms in total. The number of nitrogens with zero attached hydrogens (tertiary/aromatic N) is 1. The molecule has 2 amide bonds. The van der Waals surface area contributed by atoms with Crippen molar-refractivity contribution >= 4 is 17.5 Å². The molecular weight excluding hydrogens is 326 g/mol. The van der Waals surface area contributed by atoms with Gasteiger partial charge in [0.1, 0.15) is 0 Å². The number of nitrogens with one attached hydrogen (secondary N) is 2. The number of benzene rings is 2. The number of carbonyl (C=O) groups excluding carboxylic acids is 2. The van der Waals surface area contributed by atoms with Gasteiger partial charge < -0.3 is 10.6 Å². The van der Waals surface area contributed by atoms with Crippen LogP contribution in [0.4, 0.5) is 5.69 Å². The molecule has 1 fully saturated rings. The standard InChI is InChI=1S/C21H23N3O2/c1-21-14-24(12-11-15-7-3-2-4-8-15)13-17(21)20(26)22-18-10-6-5-9-16(18)19(25)23-21/h2-10,17H,11-14H2,1H3,(H,22,26)(H,23,25)/t17-,21-/m0/s1. The van der Waals surface area contributed by atoms with E-state index in [1.165, 1.54) is 5.56 Å². The third-order valence-electron chi connectivity index (χ3n) is 5.47. The maximum absolute atomic E-state index is 12.9. The fourth-order valence-electron chi connectivity index (χ4n) is 4.04. The first-order valence-corrected chi connectivity index (χ1v) is 9.04. The lowest BCUT2D eigenvalue weighted by Crippen LogP contribution is -2.56. The van der Waals surface area contributed by atoms with Crippen molar-refractivity contribution in [2.45, 2.75) is 18.9 Å². The number of hydrogen-bond acceptors (Lipinski definition) is 3. The molecule has 0 bridgehead atoms. The molecule has 2 heterocycles. The van der Waals surface area contributed by atoms with Crippen LogP contribution in [0, 0.1) is 5.92 Å². The Labute approximate surface area is 153 Å². The van der Waals surface area contributed by atoms with Crippen LogP contribution in [0.25, 0.3) is 0 Å². The Morgan fingerprint density at radius 2 is 1.81 bits per heavy atom. The average Bonchev–Trinajstić information content (AvgIpc) is 2.96. The minimum absolute atomic E-state index is 0.0258. The van der Waals surface area contributed by atoms with E-state index in [1.54, 1.807) is 12.1 Å². The summed E-state index contributed by atoms with van der Waals surface area (Å²) in [5.74, 6) is -0.421. The lowest BCUT2D eigenvalue weighted by molar-refractivity contribution is -0.121. The van der Waals surface area contributed by atoms with E-state index >= 15 is 0 Å². The Hall–Kier alpha value is -2.66. The van der Waals surface area contributed by atoms with Gasteiger partial charge in [-0.3, -0.25) is 14.5 Å². The Kier molecular flexibility index (Phi) is 4.24. The van der Waals surface area contributed by atoms with Crippen LogP contribution in [-0.2, 0) is 11.2 Å². The van der Waals surface area contributed by atoms with Crippen LogP contribution in [0.2, 0.25) is 0 Å². The van der Waals surface area contributed by atoms with Gasteiger partial charge in [-0.1, -0.05) is 42.5 Å². The Morgan fingerprint density at radius 3 is 2.62 bits per heavy atom. The first-order valence-electron chi connectivity index (χ1n) is 9.04. The molecule has 2 aromatic rings. The van der Waals surface area contributed by atoms with Crippen LogP contribution in [0.1, 0.15) is 22.8 Å². The molecule has 5 heteroatoms. The van der Waals surface area contributed by atoms with Crippen molar-refractivity contribution in [1.82, 2.24) is 10.2 Å². The summed E-state index contributed by atoms with van der Waals surface area (Å²) in [5, 5.41) is 6.09. The summed E-state index contributed by atoms with van der Waals surface area (Å²) >= 11 is 0. The Morgan fingerprint density at radius 1 is 1.08 bits per heavy atom. The largest absolute Gasteiger partial charge is 0.345 e. The monoisotopic (exact) mass is 349 g/mol. The van der Waals surface area contributed by atoms with Gasteiger partial charge in [0.15, 0.2) is 0 Å². The maximum Gasteiger partial charge on any atom is 0.253 e. The summed E-state index contributed by atoms with van der Waals surface area (Å²) < 4.78 is 0. The number of rotatable bonds is 3. The van der Waals surface area contributed by atoms with E-state index in [4.69, 9.17) is 0 Å². The number of anilines is 1. The molecule has 0 unspecified atom stereocenters. The van der Waals surface area contributed by atoms with Crippen molar-refractivity contribution in [2.24, 2.45) is 5.92 Å². The van der Waals surface area contributed by atoms with Gasteiger partial charge in [0.25, 0.3) is 5.91 Å². The second kappa shape index (κ2) is 6.57. The molecule has 2 aromatic carbocycles. The van der Waals surface area contributed by atoms with E-state index in [1.807, 2.05) is 37.3 Å². The van der Waals surface area contributed by atoms with E-state index in [0.717, 1.165) is 13.0 Å². The van der Waals surface area contributed by atoms with Gasteiger partial charge in [-0.15, -0.1) is 0 Å². The van der Waals surface area contributed by atoms with Gasteiger partial charge in [0.05, 0.1) is 22.7 Å². The quantitative estimate of drug-likeness (QED) is 0.894. The number of para-hydroxylation sites is 1. The van der Waals surface area contributed by atoms with Crippen molar-refractivity contribution in [1.29, 1.82) is 0 Å². The normalized spacial score (nSPS) is 25.5. The van der Waals surface area contributed by atoms with Crippen molar-refractivity contribution in [3.63, 3.8) is 0 Å². The number of amides is 2. The van der Waals surface area contributed by atoms with Gasteiger partial charge in [-0.25, -0.2) is 0 Å². The predicted octanol–water partition coefficient (Wildman–Crippen LogP) is 2.30. The highest BCUT2D eigenvalue weighted by Gasteiger charge is 2.48. The van der Waals surface area contributed by atoms with Crippen LogP contribution in [0.3, 0.4) is 0 Å². The highest BCUT2D eigenvalue weighted by molar-refractivity contribution is 6.06. The number of hydrogen-bond donors (Lipinski definition) is 2. The molecule has 0 aliphatic carbocycles. The third kappa shape index (κ3) is 3.10. The predicted molar refractivity (Wildman–Crippen MR) is 101 cm³/mol. The van der Waals surface area contributed by atoms with E-state index in [2.05, 4.69) is 27.7 Å². The first kappa shape index (κ1) is 16.8. The summed E-state index contributed by atoms with van der Waals surface area (Å²) in [6.45, 7) is 4.17. The lowest BCUT2D eigenvalue weighted by atomic mass is 9.86. The third-order valence-corrected chi connectivity index (χ3v) is 5.47. The Bertz CT molecular complexity index is 836. The number of carbonyl (C=O) groups is 2. The van der Waals surface area contributed by atoms with Gasteiger partial charge in [0, 0.05) is 19.6 Å². The van der Waals surface area contributed by atoms with E-state index < -0.39 is 5.54 Å². The molecule has 2 aliphatic heterocycles. The molecule has 134 valence electrons. The molecule has 1 saturated heterocycles. The SMILES string of the molecule is C[C@]12CN(CCc3ccccc3)C[C@H]1C(=O)Nc1ccccc1C(=O)N2. The summed E-state index contributed by atoms with van der Waals surface area (Å²) in [6.07, 6.45) is 0.930. The van der Waals surface area contributed by atoms with E-state index in [9.17, 15) is 9.59 Å². The van der Waals surface area contributed by atoms with Crippen LogP contribution in [0.5, 0.6) is 0 Å². The van der Waals surface area contributed by atoms with Crippen molar-refractivity contribution in [2.75, 3.05) is 25.0 Å². The second-order valence-electron chi connectivity index (χ2n) is 7.43. The topological polar surface area (TPSA) is 61.4 Å². The molecule has 0 aromatic heterocycles. The fraction of sp³-hybridized carbons (Fsp3) is 0.333. The Balaban J connectivity index is 1.53. The summed E-state index contributed by atoms with van der Waals surface area (Å²) in [4.78, 5) is 27.8. The minimum Gasteiger partial charge on any atom is -0.345 e. The zero-order chi connectivity index (χ0) is 18.1. The van der Waals surface area contributed by atoms with Gasteiger partial charge in [-0.2, -0.15) is 0 Å². The fourth-order valence-corrected chi connectivity index (χ4v) is 4.04. The zero-order valence-electron chi connectivity index (χ0n) is 14.9. The number of fused-ring (bicyclic) bond motifs is 2. The highest BCUT2D eigenvalue weighted by atomic mass is 16.2. The summed E-state index contributed by atoms with van der Waals surface area (Å²) in [6, 6.07) is 17.5. The van der Waals surface area contributed by atoms with Crippen LogP contribution >= 0.6 is 0 Å². The molecule has 0 saturated carbocycles. The lowest BCUT2D eigenvalue weighted by Gasteiger charge is -2.33. The average molecular weight is 349 g/mol. The summed E-state index contributed by atoms with van der Waals surface area (Å²) in [5.41, 5.74) is 1.82. The smallest absolute Gasteiger partial charge is 0.253 e. The van der Waals surface area contributed by atoms with Crippen molar-refractivity contribution < 1.29 is 9.59 Å². The van der Waals surface area contributed by atoms with E-state index in [0.29, 0.717) is 24.3 Å².